The Balaban J connectivity index is 1.64. The monoisotopic (exact) mass is 332 g/mol. The lowest BCUT2D eigenvalue weighted by molar-refractivity contribution is 0.417. The van der Waals surface area contributed by atoms with Crippen molar-refractivity contribution >= 4 is 32.9 Å². The first-order valence-electron chi connectivity index (χ1n) is 7.68. The Morgan fingerprint density at radius 3 is 2.58 bits per heavy atom. The fourth-order valence-corrected chi connectivity index (χ4v) is 3.50. The molecule has 1 aromatic heterocycles. The number of benzene rings is 3. The van der Waals surface area contributed by atoms with E-state index < -0.39 is 0 Å². The van der Waals surface area contributed by atoms with Crippen LogP contribution in [-0.2, 0) is 0 Å². The quantitative estimate of drug-likeness (QED) is 0.519. The average Bonchev–Trinajstić information content (AvgIpc) is 3.10. The number of hydrogen-bond acceptors (Lipinski definition) is 4. The first kappa shape index (κ1) is 14.7. The topological polar surface area (TPSA) is 34.1 Å². The van der Waals surface area contributed by atoms with Crippen molar-refractivity contribution in [3.63, 3.8) is 0 Å². The van der Waals surface area contributed by atoms with Gasteiger partial charge in [0.2, 0.25) is 0 Å². The SMILES string of the molecule is COc1ccccc1Nc1ncc(-c2ccc3ccccc3c2)s1. The second kappa shape index (κ2) is 6.34. The van der Waals surface area contributed by atoms with Crippen molar-refractivity contribution in [2.75, 3.05) is 12.4 Å². The lowest BCUT2D eigenvalue weighted by Crippen LogP contribution is -1.93. The van der Waals surface area contributed by atoms with E-state index in [1.165, 1.54) is 16.3 Å². The van der Waals surface area contributed by atoms with Crippen LogP contribution in [0.15, 0.2) is 72.9 Å². The van der Waals surface area contributed by atoms with Gasteiger partial charge in [-0.15, -0.1) is 0 Å². The molecule has 3 aromatic carbocycles. The fourth-order valence-electron chi connectivity index (χ4n) is 2.67. The van der Waals surface area contributed by atoms with Crippen molar-refractivity contribution < 1.29 is 4.74 Å². The average molecular weight is 332 g/mol. The Morgan fingerprint density at radius 2 is 1.71 bits per heavy atom. The van der Waals surface area contributed by atoms with Crippen molar-refractivity contribution in [2.24, 2.45) is 0 Å². The molecule has 1 heterocycles. The van der Waals surface area contributed by atoms with Crippen LogP contribution in [0, 0.1) is 0 Å². The smallest absolute Gasteiger partial charge is 0.187 e. The molecule has 0 radical (unpaired) electrons. The highest BCUT2D eigenvalue weighted by atomic mass is 32.1. The summed E-state index contributed by atoms with van der Waals surface area (Å²) in [5, 5.41) is 6.67. The number of para-hydroxylation sites is 2. The van der Waals surface area contributed by atoms with E-state index in [0.29, 0.717) is 0 Å². The molecule has 0 unspecified atom stereocenters. The van der Waals surface area contributed by atoms with Gasteiger partial charge in [-0.1, -0.05) is 59.9 Å². The number of nitrogens with one attached hydrogen (secondary N) is 1. The van der Waals surface area contributed by atoms with Gasteiger partial charge in [-0.05, 0) is 34.5 Å². The van der Waals surface area contributed by atoms with Crippen molar-refractivity contribution in [1.82, 2.24) is 4.98 Å². The van der Waals surface area contributed by atoms with E-state index >= 15 is 0 Å². The molecule has 0 aliphatic rings. The molecule has 0 amide bonds. The Labute approximate surface area is 144 Å². The van der Waals surface area contributed by atoms with Gasteiger partial charge in [0.25, 0.3) is 0 Å². The lowest BCUT2D eigenvalue weighted by atomic mass is 10.1. The van der Waals surface area contributed by atoms with Crippen LogP contribution < -0.4 is 10.1 Å². The molecule has 24 heavy (non-hydrogen) atoms. The van der Waals surface area contributed by atoms with Gasteiger partial charge in [0, 0.05) is 6.20 Å². The summed E-state index contributed by atoms with van der Waals surface area (Å²) < 4.78 is 5.37. The number of thiazole rings is 1. The molecule has 0 aliphatic heterocycles. The lowest BCUT2D eigenvalue weighted by Gasteiger charge is -2.07. The standard InChI is InChI=1S/C20H16N2OS/c1-23-18-9-5-4-8-17(18)22-20-21-13-19(24-20)16-11-10-14-6-2-3-7-15(14)12-16/h2-13H,1H3,(H,21,22). The fraction of sp³-hybridized carbons (Fsp3) is 0.0500. The molecule has 0 aliphatic carbocycles. The minimum absolute atomic E-state index is 0.806. The van der Waals surface area contributed by atoms with Crippen molar-refractivity contribution in [1.29, 1.82) is 0 Å². The maximum absolute atomic E-state index is 5.37. The number of fused-ring (bicyclic) bond motifs is 1. The van der Waals surface area contributed by atoms with Gasteiger partial charge >= 0.3 is 0 Å². The van der Waals surface area contributed by atoms with Crippen LogP contribution in [0.25, 0.3) is 21.2 Å². The number of anilines is 2. The van der Waals surface area contributed by atoms with Crippen molar-refractivity contribution in [2.45, 2.75) is 0 Å². The summed E-state index contributed by atoms with van der Waals surface area (Å²) >= 11 is 1.63. The van der Waals surface area contributed by atoms with Gasteiger partial charge in [-0.25, -0.2) is 4.98 Å². The molecule has 0 bridgehead atoms. The third kappa shape index (κ3) is 2.84. The maximum atomic E-state index is 5.37. The number of ether oxygens (including phenoxy) is 1. The molecule has 4 aromatic rings. The Hall–Kier alpha value is -2.85. The molecule has 4 heteroatoms. The highest BCUT2D eigenvalue weighted by Gasteiger charge is 2.08. The van der Waals surface area contributed by atoms with E-state index in [-0.39, 0.29) is 0 Å². The van der Waals surface area contributed by atoms with Crippen LogP contribution in [0.5, 0.6) is 5.75 Å². The number of aromatic nitrogens is 1. The second-order valence-electron chi connectivity index (χ2n) is 5.42. The van der Waals surface area contributed by atoms with Crippen LogP contribution in [0.2, 0.25) is 0 Å². The molecule has 118 valence electrons. The molecule has 3 nitrogen and oxygen atoms in total. The Morgan fingerprint density at radius 1 is 0.917 bits per heavy atom. The van der Waals surface area contributed by atoms with Gasteiger partial charge in [-0.2, -0.15) is 0 Å². The van der Waals surface area contributed by atoms with Gasteiger partial charge < -0.3 is 10.1 Å². The van der Waals surface area contributed by atoms with E-state index in [1.807, 2.05) is 30.5 Å². The largest absolute Gasteiger partial charge is 0.495 e. The van der Waals surface area contributed by atoms with E-state index in [9.17, 15) is 0 Å². The third-order valence-corrected chi connectivity index (χ3v) is 4.85. The minimum Gasteiger partial charge on any atom is -0.495 e. The first-order valence-corrected chi connectivity index (χ1v) is 8.50. The summed E-state index contributed by atoms with van der Waals surface area (Å²) in [6.07, 6.45) is 1.91. The predicted octanol–water partition coefficient (Wildman–Crippen LogP) is 5.72. The molecule has 0 saturated carbocycles. The molecule has 0 fully saturated rings. The summed E-state index contributed by atoms with van der Waals surface area (Å²) in [5.74, 6) is 0.806. The maximum Gasteiger partial charge on any atom is 0.187 e. The molecular weight excluding hydrogens is 316 g/mol. The van der Waals surface area contributed by atoms with Crippen LogP contribution in [0.1, 0.15) is 0 Å². The van der Waals surface area contributed by atoms with Crippen molar-refractivity contribution in [3.8, 4) is 16.2 Å². The number of nitrogens with zero attached hydrogens (tertiary/aromatic N) is 1. The zero-order chi connectivity index (χ0) is 16.4. The molecular formula is C20H16N2OS. The second-order valence-corrected chi connectivity index (χ2v) is 6.45. The van der Waals surface area contributed by atoms with E-state index in [2.05, 4.69) is 52.8 Å². The first-order chi connectivity index (χ1) is 11.8. The van der Waals surface area contributed by atoms with E-state index in [0.717, 1.165) is 21.4 Å². The molecule has 0 spiro atoms. The summed E-state index contributed by atoms with van der Waals surface area (Å²) in [4.78, 5) is 5.63. The predicted molar refractivity (Wildman–Crippen MR) is 101 cm³/mol. The van der Waals surface area contributed by atoms with Gasteiger partial charge in [0.05, 0.1) is 17.7 Å². The van der Waals surface area contributed by atoms with Crippen molar-refractivity contribution in [3.05, 3.63) is 72.9 Å². The summed E-state index contributed by atoms with van der Waals surface area (Å²) in [6.45, 7) is 0. The zero-order valence-electron chi connectivity index (χ0n) is 13.2. The molecule has 0 saturated heterocycles. The van der Waals surface area contributed by atoms with Crippen LogP contribution in [0.4, 0.5) is 10.8 Å². The summed E-state index contributed by atoms with van der Waals surface area (Å²) in [7, 11) is 1.67. The Bertz CT molecular complexity index is 994. The molecule has 1 N–H and O–H groups in total. The van der Waals surface area contributed by atoms with Gasteiger partial charge in [0.15, 0.2) is 5.13 Å². The third-order valence-electron chi connectivity index (χ3n) is 3.89. The number of methoxy groups -OCH3 is 1. The number of rotatable bonds is 4. The van der Waals surface area contributed by atoms with E-state index in [4.69, 9.17) is 4.74 Å². The van der Waals surface area contributed by atoms with Gasteiger partial charge in [-0.3, -0.25) is 0 Å². The normalized spacial score (nSPS) is 10.7. The summed E-state index contributed by atoms with van der Waals surface area (Å²) in [5.41, 5.74) is 2.10. The van der Waals surface area contributed by atoms with Crippen LogP contribution in [0.3, 0.4) is 0 Å². The molecule has 0 atom stereocenters. The minimum atomic E-state index is 0.806. The van der Waals surface area contributed by atoms with Crippen LogP contribution in [-0.4, -0.2) is 12.1 Å². The van der Waals surface area contributed by atoms with Gasteiger partial charge in [0.1, 0.15) is 5.75 Å². The zero-order valence-corrected chi connectivity index (χ0v) is 14.0. The van der Waals surface area contributed by atoms with E-state index in [1.54, 1.807) is 18.4 Å². The molecule has 4 rings (SSSR count). The highest BCUT2D eigenvalue weighted by molar-refractivity contribution is 7.19. The summed E-state index contributed by atoms with van der Waals surface area (Å²) in [6, 6.07) is 22.7. The van der Waals surface area contributed by atoms with Crippen LogP contribution >= 0.6 is 11.3 Å². The Kier molecular flexibility index (Phi) is 3.89. The highest BCUT2D eigenvalue weighted by Crippen LogP contribution is 2.34. The number of hydrogen-bond donors (Lipinski definition) is 1.